The van der Waals surface area contributed by atoms with Gasteiger partial charge in [-0.3, -0.25) is 9.69 Å². The first kappa shape index (κ1) is 12.9. The Bertz CT molecular complexity index is 469. The normalized spacial score (nSPS) is 18.2. The van der Waals surface area contributed by atoms with Crippen LogP contribution in [0.4, 0.5) is 14.5 Å². The minimum Gasteiger partial charge on any atom is -0.388 e. The minimum atomic E-state index is -0.760. The molecule has 1 fully saturated rings. The van der Waals surface area contributed by atoms with Gasteiger partial charge < -0.3 is 10.4 Å². The predicted octanol–water partition coefficient (Wildman–Crippen LogP) is 0.970. The van der Waals surface area contributed by atoms with Gasteiger partial charge in [-0.25, -0.2) is 8.78 Å². The number of hydrogen-bond donors (Lipinski definition) is 2. The van der Waals surface area contributed by atoms with Crippen molar-refractivity contribution in [2.45, 2.75) is 12.5 Å². The van der Waals surface area contributed by atoms with Crippen molar-refractivity contribution < 1.29 is 18.7 Å². The second kappa shape index (κ2) is 4.62. The smallest absolute Gasteiger partial charge is 0.238 e. The Kier molecular flexibility index (Phi) is 3.32. The van der Waals surface area contributed by atoms with Gasteiger partial charge in [0.25, 0.3) is 0 Å². The van der Waals surface area contributed by atoms with Gasteiger partial charge in [0.05, 0.1) is 17.8 Å². The number of aliphatic hydroxyl groups is 1. The summed E-state index contributed by atoms with van der Waals surface area (Å²) in [5.74, 6) is -1.73. The number of nitrogens with zero attached hydrogens (tertiary/aromatic N) is 1. The van der Waals surface area contributed by atoms with E-state index in [4.69, 9.17) is 0 Å². The van der Waals surface area contributed by atoms with Crippen LogP contribution in [0.3, 0.4) is 0 Å². The van der Waals surface area contributed by atoms with Gasteiger partial charge in [-0.05, 0) is 19.1 Å². The molecule has 0 aromatic heterocycles. The summed E-state index contributed by atoms with van der Waals surface area (Å²) in [7, 11) is 0. The lowest BCUT2D eigenvalue weighted by atomic mass is 9.97. The Morgan fingerprint density at radius 1 is 1.50 bits per heavy atom. The first-order valence-corrected chi connectivity index (χ1v) is 5.55. The average molecular weight is 256 g/mol. The van der Waals surface area contributed by atoms with Crippen molar-refractivity contribution >= 4 is 11.6 Å². The molecule has 1 heterocycles. The zero-order valence-electron chi connectivity index (χ0n) is 9.91. The van der Waals surface area contributed by atoms with Crippen molar-refractivity contribution in [3.63, 3.8) is 0 Å². The van der Waals surface area contributed by atoms with Crippen molar-refractivity contribution in [1.82, 2.24) is 4.90 Å². The quantitative estimate of drug-likeness (QED) is 0.847. The van der Waals surface area contributed by atoms with E-state index >= 15 is 0 Å². The van der Waals surface area contributed by atoms with Crippen LogP contribution >= 0.6 is 0 Å². The molecule has 98 valence electrons. The highest BCUT2D eigenvalue weighted by Crippen LogP contribution is 2.20. The molecule has 2 rings (SSSR count). The lowest BCUT2D eigenvalue weighted by Gasteiger charge is -2.43. The molecule has 0 radical (unpaired) electrons. The molecule has 1 aliphatic heterocycles. The fraction of sp³-hybridized carbons (Fsp3) is 0.417. The lowest BCUT2D eigenvalue weighted by Crippen LogP contribution is -2.61. The number of hydrogen-bond acceptors (Lipinski definition) is 3. The molecule has 0 saturated carbocycles. The fourth-order valence-electron chi connectivity index (χ4n) is 2.02. The summed E-state index contributed by atoms with van der Waals surface area (Å²) in [6, 6.07) is 2.87. The number of benzene rings is 1. The number of likely N-dealkylation sites (tertiary alicyclic amines) is 1. The van der Waals surface area contributed by atoms with Gasteiger partial charge in [-0.2, -0.15) is 0 Å². The SMILES string of the molecule is CC1(O)CN(CC(=O)Nc2cc(F)ccc2F)C1. The highest BCUT2D eigenvalue weighted by molar-refractivity contribution is 5.92. The topological polar surface area (TPSA) is 52.6 Å². The van der Waals surface area contributed by atoms with Crippen LogP contribution < -0.4 is 5.32 Å². The summed E-state index contributed by atoms with van der Waals surface area (Å²) >= 11 is 0. The number of amides is 1. The summed E-state index contributed by atoms with van der Waals surface area (Å²) in [6.07, 6.45) is 0. The van der Waals surface area contributed by atoms with Crippen LogP contribution in [-0.4, -0.2) is 41.1 Å². The summed E-state index contributed by atoms with van der Waals surface area (Å²) in [4.78, 5) is 13.3. The molecule has 1 aliphatic rings. The molecule has 0 aliphatic carbocycles. The number of halogens is 2. The Hall–Kier alpha value is -1.53. The van der Waals surface area contributed by atoms with Crippen molar-refractivity contribution in [3.05, 3.63) is 29.8 Å². The maximum absolute atomic E-state index is 13.3. The summed E-state index contributed by atoms with van der Waals surface area (Å²) < 4.78 is 26.1. The van der Waals surface area contributed by atoms with Crippen LogP contribution in [0, 0.1) is 11.6 Å². The van der Waals surface area contributed by atoms with Crippen molar-refractivity contribution in [2.75, 3.05) is 25.0 Å². The van der Waals surface area contributed by atoms with Crippen molar-refractivity contribution in [2.24, 2.45) is 0 Å². The molecule has 1 aromatic carbocycles. The van der Waals surface area contributed by atoms with Crippen LogP contribution in [0.1, 0.15) is 6.92 Å². The number of rotatable bonds is 3. The third-order valence-electron chi connectivity index (χ3n) is 2.70. The van der Waals surface area contributed by atoms with Gasteiger partial charge in [0.15, 0.2) is 0 Å². The zero-order valence-corrected chi connectivity index (χ0v) is 9.91. The van der Waals surface area contributed by atoms with Gasteiger partial charge >= 0.3 is 0 Å². The van der Waals surface area contributed by atoms with Crippen LogP contribution in [-0.2, 0) is 4.79 Å². The molecule has 18 heavy (non-hydrogen) atoms. The van der Waals surface area contributed by atoms with E-state index in [9.17, 15) is 18.7 Å². The maximum atomic E-state index is 13.3. The van der Waals surface area contributed by atoms with E-state index in [-0.39, 0.29) is 12.2 Å². The van der Waals surface area contributed by atoms with E-state index in [0.717, 1.165) is 18.2 Å². The van der Waals surface area contributed by atoms with Crippen LogP contribution in [0.5, 0.6) is 0 Å². The number of carbonyl (C=O) groups is 1. The number of β-amino-alcohol motifs (C(OH)–C–C–N with tert-alkyl or cyclic N) is 1. The summed E-state index contributed by atoms with van der Waals surface area (Å²) in [6.45, 7) is 2.51. The Morgan fingerprint density at radius 3 is 2.78 bits per heavy atom. The molecular weight excluding hydrogens is 242 g/mol. The summed E-state index contributed by atoms with van der Waals surface area (Å²) in [5.41, 5.74) is -0.933. The first-order chi connectivity index (χ1) is 8.35. The molecule has 0 spiro atoms. The monoisotopic (exact) mass is 256 g/mol. The van der Waals surface area contributed by atoms with Crippen LogP contribution in [0.15, 0.2) is 18.2 Å². The average Bonchev–Trinajstić information content (AvgIpc) is 2.20. The van der Waals surface area contributed by atoms with Gasteiger partial charge in [-0.1, -0.05) is 0 Å². The number of nitrogens with one attached hydrogen (secondary N) is 1. The molecule has 0 bridgehead atoms. The molecular formula is C12H14F2N2O2. The molecule has 1 amide bonds. The summed E-state index contributed by atoms with van der Waals surface area (Å²) in [5, 5.41) is 11.8. The van der Waals surface area contributed by atoms with Gasteiger partial charge in [0, 0.05) is 19.2 Å². The van der Waals surface area contributed by atoms with E-state index in [0.29, 0.717) is 13.1 Å². The third kappa shape index (κ3) is 3.02. The lowest BCUT2D eigenvalue weighted by molar-refractivity contribution is -0.125. The standard InChI is InChI=1S/C12H14F2N2O2/c1-12(18)6-16(7-12)5-11(17)15-10-4-8(13)2-3-9(10)14/h2-4,18H,5-7H2,1H3,(H,15,17). The van der Waals surface area contributed by atoms with Crippen molar-refractivity contribution in [1.29, 1.82) is 0 Å². The van der Waals surface area contributed by atoms with Crippen LogP contribution in [0.25, 0.3) is 0 Å². The largest absolute Gasteiger partial charge is 0.388 e. The number of anilines is 1. The minimum absolute atomic E-state index is 0.0477. The predicted molar refractivity (Wildman–Crippen MR) is 62.1 cm³/mol. The van der Waals surface area contributed by atoms with E-state index < -0.39 is 23.1 Å². The highest BCUT2D eigenvalue weighted by Gasteiger charge is 2.37. The van der Waals surface area contributed by atoms with Gasteiger partial charge in [0.2, 0.25) is 5.91 Å². The highest BCUT2D eigenvalue weighted by atomic mass is 19.1. The van der Waals surface area contributed by atoms with Crippen LogP contribution in [0.2, 0.25) is 0 Å². The maximum Gasteiger partial charge on any atom is 0.238 e. The molecule has 0 atom stereocenters. The molecule has 0 unspecified atom stereocenters. The molecule has 2 N–H and O–H groups in total. The molecule has 4 nitrogen and oxygen atoms in total. The second-order valence-electron chi connectivity index (χ2n) is 4.81. The Morgan fingerprint density at radius 2 is 2.17 bits per heavy atom. The van der Waals surface area contributed by atoms with E-state index in [1.807, 2.05) is 0 Å². The fourth-order valence-corrected chi connectivity index (χ4v) is 2.02. The molecule has 6 heteroatoms. The Labute approximate surface area is 103 Å². The molecule has 1 saturated heterocycles. The van der Waals surface area contributed by atoms with E-state index in [1.165, 1.54) is 0 Å². The number of carbonyl (C=O) groups excluding carboxylic acids is 1. The zero-order chi connectivity index (χ0) is 13.3. The first-order valence-electron chi connectivity index (χ1n) is 5.55. The van der Waals surface area contributed by atoms with Gasteiger partial charge in [-0.15, -0.1) is 0 Å². The van der Waals surface area contributed by atoms with Crippen molar-refractivity contribution in [3.8, 4) is 0 Å². The molecule has 1 aromatic rings. The third-order valence-corrected chi connectivity index (χ3v) is 2.70. The second-order valence-corrected chi connectivity index (χ2v) is 4.81. The van der Waals surface area contributed by atoms with E-state index in [1.54, 1.807) is 11.8 Å². The Balaban J connectivity index is 1.90. The van der Waals surface area contributed by atoms with E-state index in [2.05, 4.69) is 5.32 Å². The van der Waals surface area contributed by atoms with Gasteiger partial charge in [0.1, 0.15) is 11.6 Å².